The minimum Gasteiger partial charge on any atom is -0.513 e. The van der Waals surface area contributed by atoms with E-state index in [4.69, 9.17) is 9.40 Å². The van der Waals surface area contributed by atoms with Gasteiger partial charge in [-0.1, -0.05) is 119 Å². The van der Waals surface area contributed by atoms with Crippen LogP contribution < -0.4 is 5.19 Å². The molecule has 1 radical (unpaired) electrons. The monoisotopic (exact) mass is 870 g/mol. The summed E-state index contributed by atoms with van der Waals surface area (Å²) in [7, 11) is -1.36. The van der Waals surface area contributed by atoms with Gasteiger partial charge in [-0.25, -0.2) is 0 Å². The van der Waals surface area contributed by atoms with Crippen molar-refractivity contribution in [1.82, 2.24) is 15.0 Å². The molecule has 0 N–H and O–H groups in total. The van der Waals surface area contributed by atoms with Crippen molar-refractivity contribution in [2.45, 2.75) is 104 Å². The number of aryl methyl sites for hydroxylation is 1. The van der Waals surface area contributed by atoms with Gasteiger partial charge in [0.05, 0.1) is 19.2 Å². The Morgan fingerprint density at radius 2 is 1.51 bits per heavy atom. The fraction of sp³-hybridized carbons (Fsp3) is 0.400. The van der Waals surface area contributed by atoms with Crippen molar-refractivity contribution in [1.29, 1.82) is 0 Å². The zero-order valence-corrected chi connectivity index (χ0v) is 34.1. The number of fused-ring (bicyclic) bond motifs is 3. The molecule has 8 rings (SSSR count). The summed E-state index contributed by atoms with van der Waals surface area (Å²) < 4.78 is 6.17. The molecule has 2 aromatic carbocycles. The summed E-state index contributed by atoms with van der Waals surface area (Å²) in [6.45, 7) is 9.40. The summed E-state index contributed by atoms with van der Waals surface area (Å²) in [6.07, 6.45) is 22.1. The van der Waals surface area contributed by atoms with Gasteiger partial charge in [-0.2, -0.15) is 6.07 Å². The quantitative estimate of drug-likeness (QED) is 0.118. The molecule has 6 heteroatoms. The van der Waals surface area contributed by atoms with E-state index in [1.54, 1.807) is 16.9 Å². The Morgan fingerprint density at radius 3 is 2.22 bits per heavy atom. The number of hydrogen-bond donors (Lipinski definition) is 0. The van der Waals surface area contributed by atoms with E-state index in [2.05, 4.69) is 91.3 Å². The molecule has 2 fully saturated rings. The van der Waals surface area contributed by atoms with Crippen LogP contribution in [0, 0.1) is 30.9 Å². The fourth-order valence-electron chi connectivity index (χ4n) is 8.22. The van der Waals surface area contributed by atoms with Crippen molar-refractivity contribution in [2.24, 2.45) is 11.8 Å². The first-order chi connectivity index (χ1) is 24.3. The van der Waals surface area contributed by atoms with Crippen LogP contribution in [-0.2, 0) is 32.9 Å². The Bertz CT molecular complexity index is 2040. The Labute approximate surface area is 319 Å². The van der Waals surface area contributed by atoms with E-state index in [-0.39, 0.29) is 20.1 Å². The summed E-state index contributed by atoms with van der Waals surface area (Å²) in [4.78, 5) is 14.0. The molecule has 0 unspecified atom stereocenters. The van der Waals surface area contributed by atoms with Gasteiger partial charge in [0.2, 0.25) is 0 Å². The Hall–Kier alpha value is -3.44. The molecule has 2 aliphatic carbocycles. The predicted molar refractivity (Wildman–Crippen MR) is 210 cm³/mol. The molecule has 0 atom stereocenters. The van der Waals surface area contributed by atoms with Crippen molar-refractivity contribution in [2.75, 3.05) is 0 Å². The molecular weight excluding hydrogens is 819 g/mol. The van der Waals surface area contributed by atoms with Gasteiger partial charge in [-0.3, -0.25) is 4.98 Å². The second-order valence-electron chi connectivity index (χ2n) is 15.7. The number of pyridine rings is 3. The summed E-state index contributed by atoms with van der Waals surface area (Å²) in [5.74, 6) is 1.68. The standard InChI is InChI=1S/C24H23N2O.C21H28NSi.Ir/c1-16-6-5-9-21-22(16)23-24(27-21)19(11-13-26-23)20-15-18(10-12-25-20)14-17-7-3-2-4-8-17;1-23(2,3)21-16-22-20(18-12-8-5-9-13-18)15-19(21)14-17-10-6-4-7-11-17;/h5-6,9-10,12-13,15,17H,2-4,7-8,14H2,1H3;5,8-9,12,15-17H,4,6-7,10-11,14H2,1-3H3;/q2*-1;. The van der Waals surface area contributed by atoms with Crippen LogP contribution in [0.15, 0.2) is 83.7 Å². The zero-order valence-electron chi connectivity index (χ0n) is 30.7. The SMILES string of the molecule is C[Si](C)(C)c1cnc(-c2[c-]cccc2)cc1CC1CCCCC1.Cc1cccc2oc3c(-c4cc(CC5CCCCC5)ccn4)[c-]cnc3c12.[Ir]. The van der Waals surface area contributed by atoms with Crippen LogP contribution in [0.25, 0.3) is 44.6 Å². The van der Waals surface area contributed by atoms with Crippen molar-refractivity contribution in [3.05, 3.63) is 108 Å². The van der Waals surface area contributed by atoms with Crippen LogP contribution in [0.1, 0.15) is 80.9 Å². The van der Waals surface area contributed by atoms with E-state index in [1.807, 2.05) is 30.5 Å². The average Bonchev–Trinajstić information content (AvgIpc) is 3.53. The normalized spacial score (nSPS) is 15.7. The van der Waals surface area contributed by atoms with E-state index < -0.39 is 8.07 Å². The van der Waals surface area contributed by atoms with Gasteiger partial charge < -0.3 is 14.4 Å². The molecule has 267 valence electrons. The average molecular weight is 870 g/mol. The van der Waals surface area contributed by atoms with Crippen LogP contribution >= 0.6 is 0 Å². The third-order valence-electron chi connectivity index (χ3n) is 10.9. The Kier molecular flexibility index (Phi) is 12.4. The Balaban J connectivity index is 0.000000175. The van der Waals surface area contributed by atoms with Crippen molar-refractivity contribution >= 4 is 35.3 Å². The minimum atomic E-state index is -1.36. The van der Waals surface area contributed by atoms with Crippen molar-refractivity contribution in [3.8, 4) is 22.5 Å². The number of nitrogens with zero attached hydrogens (tertiary/aromatic N) is 3. The second kappa shape index (κ2) is 16.9. The van der Waals surface area contributed by atoms with Crippen LogP contribution in [0.3, 0.4) is 0 Å². The molecular formula is C45H51IrN3OSi-2. The number of aromatic nitrogens is 3. The number of furan rings is 1. The van der Waals surface area contributed by atoms with E-state index in [9.17, 15) is 0 Å². The zero-order chi connectivity index (χ0) is 34.5. The van der Waals surface area contributed by atoms with Crippen LogP contribution in [0.5, 0.6) is 0 Å². The van der Waals surface area contributed by atoms with Crippen molar-refractivity contribution < 1.29 is 24.5 Å². The summed E-state index contributed by atoms with van der Waals surface area (Å²) in [5.41, 5.74) is 10.7. The fourth-order valence-corrected chi connectivity index (χ4v) is 9.81. The van der Waals surface area contributed by atoms with Gasteiger partial charge >= 0.3 is 0 Å². The molecule has 51 heavy (non-hydrogen) atoms. The molecule has 0 amide bonds. The molecule has 0 spiro atoms. The van der Waals surface area contributed by atoms with Crippen LogP contribution in [0.4, 0.5) is 0 Å². The van der Waals surface area contributed by atoms with E-state index >= 15 is 0 Å². The van der Waals surface area contributed by atoms with Gasteiger partial charge in [-0.05, 0) is 72.1 Å². The minimum absolute atomic E-state index is 0. The topological polar surface area (TPSA) is 51.8 Å². The molecule has 0 saturated heterocycles. The molecule has 4 nitrogen and oxygen atoms in total. The number of benzene rings is 2. The summed E-state index contributed by atoms with van der Waals surface area (Å²) in [6, 6.07) is 27.6. The van der Waals surface area contributed by atoms with Gasteiger partial charge in [0.1, 0.15) is 5.58 Å². The second-order valence-corrected chi connectivity index (χ2v) is 20.8. The predicted octanol–water partition coefficient (Wildman–Crippen LogP) is 11.5. The number of rotatable bonds is 7. The van der Waals surface area contributed by atoms with Crippen LogP contribution in [0.2, 0.25) is 19.6 Å². The molecule has 4 heterocycles. The maximum absolute atomic E-state index is 6.17. The van der Waals surface area contributed by atoms with E-state index in [0.29, 0.717) is 0 Å². The third-order valence-corrected chi connectivity index (χ3v) is 12.9. The van der Waals surface area contributed by atoms with Gasteiger partial charge in [0.25, 0.3) is 0 Å². The summed E-state index contributed by atoms with van der Waals surface area (Å²) >= 11 is 0. The first kappa shape index (κ1) is 37.3. The Morgan fingerprint density at radius 1 is 0.765 bits per heavy atom. The molecule has 2 saturated carbocycles. The largest absolute Gasteiger partial charge is 0.513 e. The third kappa shape index (κ3) is 8.96. The maximum atomic E-state index is 6.17. The van der Waals surface area contributed by atoms with Crippen LogP contribution in [-0.4, -0.2) is 23.0 Å². The van der Waals surface area contributed by atoms with Gasteiger partial charge in [0.15, 0.2) is 0 Å². The van der Waals surface area contributed by atoms with E-state index in [0.717, 1.165) is 62.8 Å². The smallest absolute Gasteiger partial charge is 0.119 e. The first-order valence-corrected chi connectivity index (χ1v) is 22.4. The molecule has 6 aromatic rings. The summed E-state index contributed by atoms with van der Waals surface area (Å²) in [5, 5.41) is 2.63. The molecule has 0 aliphatic heterocycles. The van der Waals surface area contributed by atoms with Gasteiger partial charge in [-0.15, -0.1) is 41.5 Å². The molecule has 2 aliphatic rings. The maximum Gasteiger partial charge on any atom is 0.119 e. The molecule has 0 bridgehead atoms. The van der Waals surface area contributed by atoms with Gasteiger partial charge in [0, 0.05) is 37.9 Å². The van der Waals surface area contributed by atoms with E-state index in [1.165, 1.54) is 81.8 Å². The molecule has 4 aromatic heterocycles. The first-order valence-electron chi connectivity index (χ1n) is 18.9. The number of hydrogen-bond acceptors (Lipinski definition) is 4. The van der Waals surface area contributed by atoms with Crippen molar-refractivity contribution in [3.63, 3.8) is 0 Å².